The third kappa shape index (κ3) is 6.63. The predicted molar refractivity (Wildman–Crippen MR) is 108 cm³/mol. The van der Waals surface area contributed by atoms with Crippen LogP contribution in [-0.2, 0) is 22.7 Å². The van der Waals surface area contributed by atoms with Gasteiger partial charge in [-0.05, 0) is 29.4 Å². The molecule has 6 heteroatoms. The van der Waals surface area contributed by atoms with Crippen molar-refractivity contribution in [3.63, 3.8) is 0 Å². The number of rotatable bonds is 2. The molecule has 0 saturated heterocycles. The molecule has 1 aromatic carbocycles. The second-order valence-electron chi connectivity index (χ2n) is 7.96. The fourth-order valence-corrected chi connectivity index (χ4v) is 3.30. The third-order valence-corrected chi connectivity index (χ3v) is 4.89. The highest BCUT2D eigenvalue weighted by Crippen LogP contribution is 2.10. The minimum absolute atomic E-state index is 0.0151. The first-order valence-electron chi connectivity index (χ1n) is 9.98. The highest BCUT2D eigenvalue weighted by molar-refractivity contribution is 5.82. The van der Waals surface area contributed by atoms with Crippen molar-refractivity contribution in [1.82, 2.24) is 21.3 Å². The first kappa shape index (κ1) is 21.4. The van der Waals surface area contributed by atoms with Crippen LogP contribution in [0.1, 0.15) is 45.2 Å². The molecule has 2 amide bonds. The lowest BCUT2D eigenvalue weighted by molar-refractivity contribution is -0.124. The molecule has 2 atom stereocenters. The van der Waals surface area contributed by atoms with Crippen molar-refractivity contribution < 1.29 is 9.59 Å². The van der Waals surface area contributed by atoms with Crippen molar-refractivity contribution in [2.75, 3.05) is 13.1 Å². The standard InChI is InChI=1S/C21H34N4O2/c1-14(2)18-20(26)22-9-6-10-23-21(27)19(15(3)4)25-13-17-8-5-7-16(11-17)12-24-18/h5,7-8,11,14-15,18-19,24-25H,6,9-10,12-13H2,1-4H3,(H,22,26)(H,23,27)/t18-,19-/m1/s1. The number of fused-ring (bicyclic) bond motifs is 2. The van der Waals surface area contributed by atoms with E-state index in [1.807, 2.05) is 33.8 Å². The van der Waals surface area contributed by atoms with Crippen LogP contribution in [0, 0.1) is 11.8 Å². The summed E-state index contributed by atoms with van der Waals surface area (Å²) in [6, 6.07) is 7.78. The molecule has 1 aliphatic heterocycles. The molecule has 1 heterocycles. The molecule has 0 radical (unpaired) electrons. The Bertz CT molecular complexity index is 581. The first-order chi connectivity index (χ1) is 12.9. The maximum absolute atomic E-state index is 12.5. The smallest absolute Gasteiger partial charge is 0.237 e. The van der Waals surface area contributed by atoms with Crippen LogP contribution in [0.4, 0.5) is 0 Å². The number of carbonyl (C=O) groups is 2. The van der Waals surface area contributed by atoms with Gasteiger partial charge < -0.3 is 21.3 Å². The second kappa shape index (κ2) is 10.4. The molecule has 1 aliphatic rings. The summed E-state index contributed by atoms with van der Waals surface area (Å²) < 4.78 is 0. The van der Waals surface area contributed by atoms with E-state index in [-0.39, 0.29) is 35.7 Å². The van der Waals surface area contributed by atoms with Gasteiger partial charge >= 0.3 is 0 Å². The fourth-order valence-electron chi connectivity index (χ4n) is 3.30. The maximum Gasteiger partial charge on any atom is 0.237 e. The summed E-state index contributed by atoms with van der Waals surface area (Å²) in [7, 11) is 0. The van der Waals surface area contributed by atoms with E-state index in [9.17, 15) is 9.59 Å². The average molecular weight is 375 g/mol. The quantitative estimate of drug-likeness (QED) is 0.633. The Morgan fingerprint density at radius 1 is 0.815 bits per heavy atom. The number of hydrogen-bond acceptors (Lipinski definition) is 4. The van der Waals surface area contributed by atoms with E-state index in [0.29, 0.717) is 32.6 Å². The minimum Gasteiger partial charge on any atom is -0.355 e. The van der Waals surface area contributed by atoms with Gasteiger partial charge in [0.1, 0.15) is 0 Å². The molecule has 0 fully saturated rings. The molecule has 4 N–H and O–H groups in total. The third-order valence-electron chi connectivity index (χ3n) is 4.89. The van der Waals surface area contributed by atoms with Crippen LogP contribution in [0.15, 0.2) is 24.3 Å². The molecule has 27 heavy (non-hydrogen) atoms. The van der Waals surface area contributed by atoms with Gasteiger partial charge in [0, 0.05) is 26.2 Å². The second-order valence-corrected chi connectivity index (χ2v) is 7.96. The zero-order valence-electron chi connectivity index (χ0n) is 17.0. The van der Waals surface area contributed by atoms with Crippen molar-refractivity contribution in [3.8, 4) is 0 Å². The molecule has 2 rings (SSSR count). The van der Waals surface area contributed by atoms with Crippen molar-refractivity contribution >= 4 is 11.8 Å². The average Bonchev–Trinajstić information content (AvgIpc) is 2.60. The molecule has 6 nitrogen and oxygen atoms in total. The molecule has 0 aliphatic carbocycles. The molecule has 1 aromatic rings. The van der Waals surface area contributed by atoms with Gasteiger partial charge in [0.15, 0.2) is 0 Å². The summed E-state index contributed by atoms with van der Waals surface area (Å²) in [4.78, 5) is 25.0. The number of amides is 2. The SMILES string of the molecule is CC(C)[C@H]1NCc2cccc(c2)CN[C@H](C(C)C)C(=O)NCCCNC1=O. The van der Waals surface area contributed by atoms with Crippen LogP contribution in [0.3, 0.4) is 0 Å². The Labute approximate surface area is 162 Å². The summed E-state index contributed by atoms with van der Waals surface area (Å²) in [6.07, 6.45) is 0.714. The summed E-state index contributed by atoms with van der Waals surface area (Å²) >= 11 is 0. The van der Waals surface area contributed by atoms with Crippen LogP contribution in [0.2, 0.25) is 0 Å². The molecule has 150 valence electrons. The molecule has 0 unspecified atom stereocenters. The lowest BCUT2D eigenvalue weighted by atomic mass is 10.0. The van der Waals surface area contributed by atoms with E-state index >= 15 is 0 Å². The lowest BCUT2D eigenvalue weighted by Crippen LogP contribution is -2.49. The molecule has 0 spiro atoms. The molecule has 0 aromatic heterocycles. The van der Waals surface area contributed by atoms with E-state index in [4.69, 9.17) is 0 Å². The van der Waals surface area contributed by atoms with Crippen LogP contribution in [-0.4, -0.2) is 37.0 Å². The van der Waals surface area contributed by atoms with Gasteiger partial charge in [-0.3, -0.25) is 9.59 Å². The Balaban J connectivity index is 2.17. The highest BCUT2D eigenvalue weighted by atomic mass is 16.2. The van der Waals surface area contributed by atoms with Gasteiger partial charge in [-0.15, -0.1) is 0 Å². The van der Waals surface area contributed by atoms with E-state index in [0.717, 1.165) is 11.1 Å². The lowest BCUT2D eigenvalue weighted by Gasteiger charge is -2.24. The summed E-state index contributed by atoms with van der Waals surface area (Å²) in [5.74, 6) is 0.420. The number of nitrogens with one attached hydrogen (secondary N) is 4. The summed E-state index contributed by atoms with van der Waals surface area (Å²) in [5.41, 5.74) is 2.26. The Kier molecular flexibility index (Phi) is 8.25. The molecular weight excluding hydrogens is 340 g/mol. The van der Waals surface area contributed by atoms with Crippen molar-refractivity contribution in [3.05, 3.63) is 35.4 Å². The van der Waals surface area contributed by atoms with Crippen LogP contribution < -0.4 is 21.3 Å². The largest absolute Gasteiger partial charge is 0.355 e. The maximum atomic E-state index is 12.5. The minimum atomic E-state index is -0.236. The van der Waals surface area contributed by atoms with Crippen LogP contribution in [0.5, 0.6) is 0 Å². The Morgan fingerprint density at radius 2 is 1.26 bits per heavy atom. The van der Waals surface area contributed by atoms with Gasteiger partial charge in [-0.2, -0.15) is 0 Å². The van der Waals surface area contributed by atoms with Gasteiger partial charge in [-0.1, -0.05) is 52.0 Å². The first-order valence-corrected chi connectivity index (χ1v) is 9.98. The number of benzene rings is 1. The van der Waals surface area contributed by atoms with Gasteiger partial charge in [0.2, 0.25) is 11.8 Å². The fraction of sp³-hybridized carbons (Fsp3) is 0.619. The Morgan fingerprint density at radius 3 is 1.67 bits per heavy atom. The number of carbonyl (C=O) groups excluding carboxylic acids is 2. The van der Waals surface area contributed by atoms with E-state index in [1.54, 1.807) is 0 Å². The monoisotopic (exact) mass is 374 g/mol. The zero-order valence-corrected chi connectivity index (χ0v) is 17.0. The zero-order chi connectivity index (χ0) is 19.8. The van der Waals surface area contributed by atoms with Gasteiger partial charge in [0.05, 0.1) is 12.1 Å². The highest BCUT2D eigenvalue weighted by Gasteiger charge is 2.23. The predicted octanol–water partition coefficient (Wildman–Crippen LogP) is 1.55. The molecular formula is C21H34N4O2. The number of hydrogen-bond donors (Lipinski definition) is 4. The van der Waals surface area contributed by atoms with E-state index < -0.39 is 0 Å². The summed E-state index contributed by atoms with van der Waals surface area (Å²) in [5, 5.41) is 12.7. The van der Waals surface area contributed by atoms with E-state index in [2.05, 4.69) is 39.5 Å². The van der Waals surface area contributed by atoms with Crippen LogP contribution in [0.25, 0.3) is 0 Å². The van der Waals surface area contributed by atoms with Crippen LogP contribution >= 0.6 is 0 Å². The summed E-state index contributed by atoms with van der Waals surface area (Å²) in [6.45, 7) is 10.6. The topological polar surface area (TPSA) is 82.3 Å². The molecule has 0 saturated carbocycles. The normalized spacial score (nSPS) is 23.2. The Hall–Kier alpha value is -1.92. The molecule has 2 bridgehead atoms. The van der Waals surface area contributed by atoms with Crippen molar-refractivity contribution in [2.45, 2.75) is 59.3 Å². The van der Waals surface area contributed by atoms with E-state index in [1.165, 1.54) is 0 Å². The van der Waals surface area contributed by atoms with Crippen molar-refractivity contribution in [2.24, 2.45) is 11.8 Å². The van der Waals surface area contributed by atoms with Crippen molar-refractivity contribution in [1.29, 1.82) is 0 Å². The van der Waals surface area contributed by atoms with Gasteiger partial charge in [0.25, 0.3) is 0 Å². The van der Waals surface area contributed by atoms with Gasteiger partial charge in [-0.25, -0.2) is 0 Å².